The summed E-state index contributed by atoms with van der Waals surface area (Å²) in [6.45, 7) is 2.01. The molecule has 0 amide bonds. The van der Waals surface area contributed by atoms with Crippen LogP contribution in [0.1, 0.15) is 27.6 Å². The summed E-state index contributed by atoms with van der Waals surface area (Å²) in [5.74, 6) is 0.113. The monoisotopic (exact) mass is 390 g/mol. The first-order chi connectivity index (χ1) is 14.1. The van der Waals surface area contributed by atoms with Crippen molar-refractivity contribution >= 4 is 11.8 Å². The van der Waals surface area contributed by atoms with Gasteiger partial charge in [0.15, 0.2) is 23.9 Å². The van der Waals surface area contributed by atoms with Crippen molar-refractivity contribution in [2.75, 3.05) is 20.3 Å². The van der Waals surface area contributed by atoms with E-state index in [1.54, 1.807) is 24.3 Å². The van der Waals surface area contributed by atoms with E-state index in [1.165, 1.54) is 13.2 Å². The van der Waals surface area contributed by atoms with Crippen molar-refractivity contribution in [1.82, 2.24) is 0 Å². The van der Waals surface area contributed by atoms with E-state index < -0.39 is 5.97 Å². The van der Waals surface area contributed by atoms with Gasteiger partial charge in [-0.05, 0) is 36.2 Å². The molecule has 0 spiro atoms. The van der Waals surface area contributed by atoms with Crippen LogP contribution in [0.5, 0.6) is 11.5 Å². The molecule has 0 radical (unpaired) electrons. The number of esters is 1. The Kier molecular flexibility index (Phi) is 6.63. The minimum absolute atomic E-state index is 0.268. The molecule has 0 aromatic heterocycles. The van der Waals surface area contributed by atoms with E-state index in [9.17, 15) is 9.59 Å². The summed E-state index contributed by atoms with van der Waals surface area (Å²) in [4.78, 5) is 24.7. The third-order valence-electron chi connectivity index (χ3n) is 4.35. The van der Waals surface area contributed by atoms with Crippen LogP contribution in [0.3, 0.4) is 0 Å². The molecule has 5 heteroatoms. The highest BCUT2D eigenvalue weighted by Crippen LogP contribution is 2.28. The van der Waals surface area contributed by atoms with Gasteiger partial charge < -0.3 is 14.2 Å². The Bertz CT molecular complexity index is 978. The van der Waals surface area contributed by atoms with Gasteiger partial charge >= 0.3 is 5.97 Å². The Balaban J connectivity index is 1.62. The number of methoxy groups -OCH3 is 1. The van der Waals surface area contributed by atoms with Gasteiger partial charge in [0.2, 0.25) is 0 Å². The van der Waals surface area contributed by atoms with Gasteiger partial charge in [-0.3, -0.25) is 4.79 Å². The van der Waals surface area contributed by atoms with E-state index >= 15 is 0 Å². The molecule has 0 bridgehead atoms. The highest BCUT2D eigenvalue weighted by atomic mass is 16.5. The number of hydrogen-bond donors (Lipinski definition) is 0. The van der Waals surface area contributed by atoms with Gasteiger partial charge in [0.25, 0.3) is 0 Å². The molecule has 3 rings (SSSR count). The largest absolute Gasteiger partial charge is 0.493 e. The molecule has 0 heterocycles. The van der Waals surface area contributed by atoms with E-state index in [1.807, 2.05) is 49.4 Å². The molecule has 0 aliphatic heterocycles. The molecule has 148 valence electrons. The van der Waals surface area contributed by atoms with E-state index in [0.29, 0.717) is 23.7 Å². The number of ether oxygens (including phenoxy) is 3. The zero-order valence-electron chi connectivity index (χ0n) is 16.4. The van der Waals surface area contributed by atoms with Crippen LogP contribution in [0.25, 0.3) is 11.1 Å². The quantitative estimate of drug-likeness (QED) is 0.408. The Morgan fingerprint density at radius 1 is 0.793 bits per heavy atom. The average Bonchev–Trinajstić information content (AvgIpc) is 2.78. The topological polar surface area (TPSA) is 61.8 Å². The third-order valence-corrected chi connectivity index (χ3v) is 4.35. The highest BCUT2D eigenvalue weighted by Gasteiger charge is 2.15. The maximum Gasteiger partial charge on any atom is 0.338 e. The van der Waals surface area contributed by atoms with Crippen molar-refractivity contribution in [2.24, 2.45) is 0 Å². The standard InChI is InChI=1S/C24H22O5/c1-3-28-22-14-13-20(15-23(22)27-2)24(26)29-16-21(25)19-11-9-18(10-12-19)17-7-5-4-6-8-17/h4-15H,3,16H2,1-2H3. The molecular formula is C24H22O5. The van der Waals surface area contributed by atoms with E-state index in [0.717, 1.165) is 11.1 Å². The molecule has 0 saturated carbocycles. The molecule has 0 N–H and O–H groups in total. The van der Waals surface area contributed by atoms with Crippen LogP contribution in [0.15, 0.2) is 72.8 Å². The van der Waals surface area contributed by atoms with Gasteiger partial charge in [-0.25, -0.2) is 4.79 Å². The Morgan fingerprint density at radius 2 is 1.45 bits per heavy atom. The van der Waals surface area contributed by atoms with Gasteiger partial charge in [0.05, 0.1) is 19.3 Å². The maximum absolute atomic E-state index is 12.4. The number of ketones is 1. The average molecular weight is 390 g/mol. The second-order valence-electron chi connectivity index (χ2n) is 6.24. The minimum atomic E-state index is -0.597. The first kappa shape index (κ1) is 20.1. The van der Waals surface area contributed by atoms with Crippen LogP contribution >= 0.6 is 0 Å². The summed E-state index contributed by atoms with van der Waals surface area (Å²) in [5, 5.41) is 0. The zero-order chi connectivity index (χ0) is 20.6. The van der Waals surface area contributed by atoms with Gasteiger partial charge in [-0.2, -0.15) is 0 Å². The molecule has 0 saturated heterocycles. The lowest BCUT2D eigenvalue weighted by atomic mass is 10.0. The van der Waals surface area contributed by atoms with Crippen molar-refractivity contribution in [2.45, 2.75) is 6.92 Å². The molecule has 0 unspecified atom stereocenters. The summed E-state index contributed by atoms with van der Waals surface area (Å²) >= 11 is 0. The summed E-state index contributed by atoms with van der Waals surface area (Å²) in [7, 11) is 1.50. The fourth-order valence-corrected chi connectivity index (χ4v) is 2.85. The summed E-state index contributed by atoms with van der Waals surface area (Å²) < 4.78 is 15.8. The molecule has 0 fully saturated rings. The van der Waals surface area contributed by atoms with Crippen LogP contribution < -0.4 is 9.47 Å². The van der Waals surface area contributed by atoms with Crippen LogP contribution in [0.4, 0.5) is 0 Å². The predicted octanol–water partition coefficient (Wildman–Crippen LogP) is 4.80. The first-order valence-electron chi connectivity index (χ1n) is 9.29. The van der Waals surface area contributed by atoms with Crippen LogP contribution in [-0.2, 0) is 4.74 Å². The molecular weight excluding hydrogens is 368 g/mol. The van der Waals surface area contributed by atoms with Crippen LogP contribution in [0.2, 0.25) is 0 Å². The summed E-state index contributed by atoms with van der Waals surface area (Å²) in [6.07, 6.45) is 0. The Morgan fingerprint density at radius 3 is 2.10 bits per heavy atom. The molecule has 0 aliphatic rings. The summed E-state index contributed by atoms with van der Waals surface area (Å²) in [5.41, 5.74) is 2.86. The minimum Gasteiger partial charge on any atom is -0.493 e. The van der Waals surface area contributed by atoms with Crippen LogP contribution in [0, 0.1) is 0 Å². The zero-order valence-corrected chi connectivity index (χ0v) is 16.4. The fraction of sp³-hybridized carbons (Fsp3) is 0.167. The number of carbonyl (C=O) groups is 2. The smallest absolute Gasteiger partial charge is 0.338 e. The number of Topliss-reactive ketones (excluding diaryl/α,β-unsaturated/α-hetero) is 1. The lowest BCUT2D eigenvalue weighted by Gasteiger charge is -2.11. The predicted molar refractivity (Wildman–Crippen MR) is 111 cm³/mol. The third kappa shape index (κ3) is 5.02. The lowest BCUT2D eigenvalue weighted by molar-refractivity contribution is 0.0474. The fourth-order valence-electron chi connectivity index (χ4n) is 2.85. The van der Waals surface area contributed by atoms with Crippen molar-refractivity contribution in [3.05, 3.63) is 83.9 Å². The lowest BCUT2D eigenvalue weighted by Crippen LogP contribution is -2.14. The number of rotatable bonds is 8. The first-order valence-corrected chi connectivity index (χ1v) is 9.29. The van der Waals surface area contributed by atoms with Crippen molar-refractivity contribution < 1.29 is 23.8 Å². The van der Waals surface area contributed by atoms with Gasteiger partial charge in [-0.1, -0.05) is 54.6 Å². The van der Waals surface area contributed by atoms with E-state index in [2.05, 4.69) is 0 Å². The van der Waals surface area contributed by atoms with Crippen molar-refractivity contribution in [3.63, 3.8) is 0 Å². The second-order valence-corrected chi connectivity index (χ2v) is 6.24. The molecule has 5 nitrogen and oxygen atoms in total. The van der Waals surface area contributed by atoms with Crippen LogP contribution in [-0.4, -0.2) is 32.1 Å². The maximum atomic E-state index is 12.4. The van der Waals surface area contributed by atoms with Gasteiger partial charge in [0, 0.05) is 5.56 Å². The Labute approximate surface area is 169 Å². The molecule has 3 aromatic carbocycles. The SMILES string of the molecule is CCOc1ccc(C(=O)OCC(=O)c2ccc(-c3ccccc3)cc2)cc1OC. The van der Waals surface area contributed by atoms with E-state index in [4.69, 9.17) is 14.2 Å². The summed E-state index contributed by atoms with van der Waals surface area (Å²) in [6, 6.07) is 21.9. The number of benzene rings is 3. The van der Waals surface area contributed by atoms with E-state index in [-0.39, 0.29) is 18.0 Å². The van der Waals surface area contributed by atoms with Crippen molar-refractivity contribution in [3.8, 4) is 22.6 Å². The number of carbonyl (C=O) groups excluding carboxylic acids is 2. The molecule has 0 aliphatic carbocycles. The molecule has 3 aromatic rings. The van der Waals surface area contributed by atoms with Gasteiger partial charge in [0.1, 0.15) is 0 Å². The second kappa shape index (κ2) is 9.55. The van der Waals surface area contributed by atoms with Gasteiger partial charge in [-0.15, -0.1) is 0 Å². The normalized spacial score (nSPS) is 10.3. The Hall–Kier alpha value is -3.60. The number of hydrogen-bond acceptors (Lipinski definition) is 5. The highest BCUT2D eigenvalue weighted by molar-refractivity contribution is 5.99. The molecule has 0 atom stereocenters. The molecule has 29 heavy (non-hydrogen) atoms. The van der Waals surface area contributed by atoms with Crippen molar-refractivity contribution in [1.29, 1.82) is 0 Å².